The van der Waals surface area contributed by atoms with Gasteiger partial charge in [0.15, 0.2) is 0 Å². The van der Waals surface area contributed by atoms with E-state index in [1.165, 1.54) is 142 Å². The highest BCUT2D eigenvalue weighted by atomic mass is 14.3. The zero-order valence-electron chi connectivity index (χ0n) is 33.7. The Morgan fingerprint density at radius 2 is 0.607 bits per heavy atom. The molecule has 11 aromatic carbocycles. The summed E-state index contributed by atoms with van der Waals surface area (Å²) in [6.45, 7) is 18.1. The minimum Gasteiger partial charge on any atom is -0.0590 e. The molecule has 0 heterocycles. The highest BCUT2D eigenvalue weighted by molar-refractivity contribution is 6.40. The number of aryl methyl sites for hydroxylation is 4. The molecule has 56 heavy (non-hydrogen) atoms. The molecule has 0 saturated carbocycles. The zero-order valence-corrected chi connectivity index (χ0v) is 33.7. The minimum absolute atomic E-state index is 0.462. The maximum absolute atomic E-state index is 2.54. The van der Waals surface area contributed by atoms with Crippen LogP contribution in [0.2, 0.25) is 0 Å². The van der Waals surface area contributed by atoms with Crippen molar-refractivity contribution in [2.75, 3.05) is 0 Å². The first-order valence-electron chi connectivity index (χ1n) is 20.5. The predicted molar refractivity (Wildman–Crippen MR) is 247 cm³/mol. The van der Waals surface area contributed by atoms with E-state index in [1.807, 2.05) is 0 Å². The Morgan fingerprint density at radius 3 is 0.982 bits per heavy atom. The first-order valence-corrected chi connectivity index (χ1v) is 20.5. The Bertz CT molecular complexity index is 3210. The van der Waals surface area contributed by atoms with Crippen LogP contribution in [0, 0.1) is 27.7 Å². The molecule has 0 amide bonds. The Morgan fingerprint density at radius 1 is 0.286 bits per heavy atom. The molecule has 0 bridgehead atoms. The van der Waals surface area contributed by atoms with Crippen LogP contribution in [-0.4, -0.2) is 0 Å². The molecular weight excluding hydrogens is 673 g/mol. The zero-order chi connectivity index (χ0) is 38.3. The second-order valence-corrected chi connectivity index (χ2v) is 17.6. The van der Waals surface area contributed by atoms with Crippen molar-refractivity contribution in [3.05, 3.63) is 155 Å². The van der Waals surface area contributed by atoms with E-state index < -0.39 is 0 Å². The van der Waals surface area contributed by atoms with Crippen LogP contribution in [0.1, 0.15) is 72.9 Å². The van der Waals surface area contributed by atoms with Crippen LogP contribution in [0.15, 0.2) is 121 Å². The third kappa shape index (κ3) is 4.65. The highest BCUT2D eigenvalue weighted by Gasteiger charge is 2.22. The molecule has 0 aromatic heterocycles. The van der Waals surface area contributed by atoms with Gasteiger partial charge in [-0.1, -0.05) is 124 Å². The lowest BCUT2D eigenvalue weighted by Crippen LogP contribution is -1.89. The summed E-state index contributed by atoms with van der Waals surface area (Å²) in [5, 5.41) is 21.7. The van der Waals surface area contributed by atoms with Crippen LogP contribution in [0.4, 0.5) is 0 Å². The standard InChI is InChI=1S/C56H46/c1-29(2)35-13-15-39-45(21-35)51-25-37(43-19-31(5)9-11-33(43)7)23-49-41-17-18-42-48(47(41)27-53(39)55(49)51)28-54-40-16-14-36(30(3)4)22-46(40)52-26-38(24-50(42)56(52)54)44-20-32(6)10-12-34(44)8/h9-30H,1-8H3. The molecule has 11 aromatic rings. The molecule has 270 valence electrons. The molecular formula is C56H46. The molecule has 11 rings (SSSR count). The fourth-order valence-corrected chi connectivity index (χ4v) is 10.2. The van der Waals surface area contributed by atoms with Gasteiger partial charge in [0.05, 0.1) is 0 Å². The van der Waals surface area contributed by atoms with Crippen molar-refractivity contribution in [2.45, 2.75) is 67.2 Å². The van der Waals surface area contributed by atoms with Crippen LogP contribution in [0.25, 0.3) is 108 Å². The van der Waals surface area contributed by atoms with Crippen molar-refractivity contribution >= 4 is 86.2 Å². The maximum Gasteiger partial charge on any atom is -0.00195 e. The van der Waals surface area contributed by atoms with Gasteiger partial charge in [-0.15, -0.1) is 0 Å². The number of rotatable bonds is 4. The summed E-state index contributed by atoms with van der Waals surface area (Å²) in [4.78, 5) is 0. The lowest BCUT2D eigenvalue weighted by atomic mass is 9.88. The summed E-state index contributed by atoms with van der Waals surface area (Å²) in [6, 6.07) is 48.1. The smallest absolute Gasteiger partial charge is 0.00195 e. The quantitative estimate of drug-likeness (QED) is 0.159. The van der Waals surface area contributed by atoms with Gasteiger partial charge < -0.3 is 0 Å². The third-order valence-corrected chi connectivity index (χ3v) is 13.2. The SMILES string of the molecule is Cc1ccc(C)c(-c2cc3c4ccc5c(cc6c7ccc(C(C)C)cc7c7cc(-c8cc(C)ccc8C)cc5c76)c4cc4c5ccc(C(C)C)cc5c(c2)c34)c1. The lowest BCUT2D eigenvalue weighted by molar-refractivity contribution is 0.869. The van der Waals surface area contributed by atoms with Gasteiger partial charge in [-0.2, -0.15) is 0 Å². The van der Waals surface area contributed by atoms with Gasteiger partial charge in [-0.25, -0.2) is 0 Å². The third-order valence-electron chi connectivity index (χ3n) is 13.2. The molecule has 0 aliphatic heterocycles. The molecule has 0 aliphatic carbocycles. The van der Waals surface area contributed by atoms with Gasteiger partial charge in [0, 0.05) is 0 Å². The van der Waals surface area contributed by atoms with Crippen LogP contribution < -0.4 is 0 Å². The van der Waals surface area contributed by atoms with Crippen molar-refractivity contribution in [3.63, 3.8) is 0 Å². The van der Waals surface area contributed by atoms with E-state index >= 15 is 0 Å². The van der Waals surface area contributed by atoms with Gasteiger partial charge in [0.2, 0.25) is 0 Å². The van der Waals surface area contributed by atoms with Gasteiger partial charge >= 0.3 is 0 Å². The molecule has 0 spiro atoms. The van der Waals surface area contributed by atoms with Gasteiger partial charge in [-0.3, -0.25) is 0 Å². The number of hydrogen-bond donors (Lipinski definition) is 0. The average Bonchev–Trinajstić information content (AvgIpc) is 3.68. The van der Waals surface area contributed by atoms with E-state index in [4.69, 9.17) is 0 Å². The second-order valence-electron chi connectivity index (χ2n) is 17.6. The Balaban J connectivity index is 1.33. The van der Waals surface area contributed by atoms with E-state index in [1.54, 1.807) is 0 Å². The largest absolute Gasteiger partial charge is 0.0590 e. The normalized spacial score (nSPS) is 12.6. The molecule has 0 radical (unpaired) electrons. The maximum atomic E-state index is 2.54. The number of hydrogen-bond acceptors (Lipinski definition) is 0. The highest BCUT2D eigenvalue weighted by Crippen LogP contribution is 2.50. The molecule has 0 aliphatic rings. The summed E-state index contributed by atoms with van der Waals surface area (Å²) >= 11 is 0. The molecule has 0 N–H and O–H groups in total. The second kappa shape index (κ2) is 11.8. The first kappa shape index (κ1) is 33.4. The fraction of sp³-hybridized carbons (Fsp3) is 0.179. The van der Waals surface area contributed by atoms with E-state index in [0.29, 0.717) is 11.8 Å². The molecule has 0 atom stereocenters. The van der Waals surface area contributed by atoms with Crippen LogP contribution >= 0.6 is 0 Å². The Kier molecular flexibility index (Phi) is 7.01. The van der Waals surface area contributed by atoms with Crippen LogP contribution in [0.3, 0.4) is 0 Å². The average molecular weight is 719 g/mol. The monoisotopic (exact) mass is 718 g/mol. The number of benzene rings is 9. The summed E-state index contributed by atoms with van der Waals surface area (Å²) < 4.78 is 0. The predicted octanol–water partition coefficient (Wildman–Crippen LogP) is 16.6. The Labute approximate surface area is 329 Å². The first-order chi connectivity index (χ1) is 27.0. The van der Waals surface area contributed by atoms with E-state index in [9.17, 15) is 0 Å². The summed E-state index contributed by atoms with van der Waals surface area (Å²) in [5.74, 6) is 0.924. The van der Waals surface area contributed by atoms with Crippen molar-refractivity contribution < 1.29 is 0 Å². The van der Waals surface area contributed by atoms with Gasteiger partial charge in [0.25, 0.3) is 0 Å². The van der Waals surface area contributed by atoms with Crippen LogP contribution in [-0.2, 0) is 0 Å². The summed E-state index contributed by atoms with van der Waals surface area (Å²) in [5.41, 5.74) is 13.2. The number of fused-ring (bicyclic) bond motifs is 11. The van der Waals surface area contributed by atoms with Crippen molar-refractivity contribution in [2.24, 2.45) is 0 Å². The Hall–Kier alpha value is -5.98. The van der Waals surface area contributed by atoms with Gasteiger partial charge in [0.1, 0.15) is 0 Å². The molecule has 0 unspecified atom stereocenters. The van der Waals surface area contributed by atoms with Crippen molar-refractivity contribution in [1.82, 2.24) is 0 Å². The van der Waals surface area contributed by atoms with E-state index in [-0.39, 0.29) is 0 Å². The fourth-order valence-electron chi connectivity index (χ4n) is 10.2. The summed E-state index contributed by atoms with van der Waals surface area (Å²) in [6.07, 6.45) is 0. The molecule has 0 heteroatoms. The van der Waals surface area contributed by atoms with Crippen molar-refractivity contribution in [1.29, 1.82) is 0 Å². The minimum atomic E-state index is 0.462. The lowest BCUT2D eigenvalue weighted by Gasteiger charge is -2.15. The van der Waals surface area contributed by atoms with E-state index in [0.717, 1.165) is 0 Å². The van der Waals surface area contributed by atoms with Gasteiger partial charge in [-0.05, 0) is 207 Å². The van der Waals surface area contributed by atoms with Crippen molar-refractivity contribution in [3.8, 4) is 22.3 Å². The molecule has 0 saturated heterocycles. The van der Waals surface area contributed by atoms with Crippen LogP contribution in [0.5, 0.6) is 0 Å². The van der Waals surface area contributed by atoms with E-state index in [2.05, 4.69) is 177 Å². The topological polar surface area (TPSA) is 0 Å². The molecule has 0 nitrogen and oxygen atoms in total. The summed E-state index contributed by atoms with van der Waals surface area (Å²) in [7, 11) is 0. The molecule has 0 fully saturated rings.